The first kappa shape index (κ1) is 13.8. The van der Waals surface area contributed by atoms with Gasteiger partial charge in [0.1, 0.15) is 5.75 Å². The van der Waals surface area contributed by atoms with E-state index < -0.39 is 0 Å². The summed E-state index contributed by atoms with van der Waals surface area (Å²) >= 11 is 3.53. The first-order valence-corrected chi connectivity index (χ1v) is 7.23. The molecule has 0 saturated heterocycles. The quantitative estimate of drug-likeness (QED) is 0.678. The fourth-order valence-electron chi connectivity index (χ4n) is 2.15. The predicted octanol–water partition coefficient (Wildman–Crippen LogP) is 3.24. The molecule has 0 aliphatic carbocycles. The maximum Gasteiger partial charge on any atom is 0.323 e. The van der Waals surface area contributed by atoms with E-state index in [2.05, 4.69) is 31.2 Å². The van der Waals surface area contributed by atoms with Gasteiger partial charge in [0, 0.05) is 16.7 Å². The van der Waals surface area contributed by atoms with E-state index in [1.165, 1.54) is 0 Å². The minimum atomic E-state index is -0.197. The Hall–Kier alpha value is -2.21. The van der Waals surface area contributed by atoms with E-state index in [0.29, 0.717) is 6.54 Å². The summed E-state index contributed by atoms with van der Waals surface area (Å²) in [6.45, 7) is 0.651. The summed E-state index contributed by atoms with van der Waals surface area (Å²) in [5.41, 5.74) is 3.42. The molecule has 0 aliphatic rings. The van der Waals surface area contributed by atoms with Crippen molar-refractivity contribution in [2.24, 2.45) is 0 Å². The number of aromatic nitrogens is 2. The van der Waals surface area contributed by atoms with Gasteiger partial charge in [0.2, 0.25) is 0 Å². The summed E-state index contributed by atoms with van der Waals surface area (Å²) in [6.07, 6.45) is 0. The molecule has 0 fully saturated rings. The molecule has 21 heavy (non-hydrogen) atoms. The summed E-state index contributed by atoms with van der Waals surface area (Å²) in [4.78, 5) is 16.7. The van der Waals surface area contributed by atoms with Gasteiger partial charge in [0.25, 0.3) is 0 Å². The summed E-state index contributed by atoms with van der Waals surface area (Å²) < 4.78 is 6.25. The van der Waals surface area contributed by atoms with Gasteiger partial charge in [-0.1, -0.05) is 15.9 Å². The number of ether oxygens (including phenoxy) is 1. The number of nitrogens with one attached hydrogen (secondary N) is 3. The highest BCUT2D eigenvalue weighted by molar-refractivity contribution is 9.10. The Morgan fingerprint density at radius 3 is 2.76 bits per heavy atom. The summed E-state index contributed by atoms with van der Waals surface area (Å²) in [5, 5.41) is 3.33. The van der Waals surface area contributed by atoms with E-state index in [-0.39, 0.29) is 5.69 Å². The van der Waals surface area contributed by atoms with Crippen molar-refractivity contribution >= 4 is 32.7 Å². The number of hydrogen-bond donors (Lipinski definition) is 3. The Morgan fingerprint density at radius 1 is 1.14 bits per heavy atom. The number of H-pyrrole nitrogens is 2. The molecule has 0 atom stereocenters. The van der Waals surface area contributed by atoms with Crippen LogP contribution in [0.5, 0.6) is 5.75 Å². The smallest absolute Gasteiger partial charge is 0.323 e. The SMILES string of the molecule is COc1ccc(Br)c(CNc2ccc3[nH]c(=O)[nH]c3c2)c1. The molecule has 2 aromatic carbocycles. The lowest BCUT2D eigenvalue weighted by Crippen LogP contribution is -2.00. The predicted molar refractivity (Wildman–Crippen MR) is 86.9 cm³/mol. The minimum absolute atomic E-state index is 0.197. The average Bonchev–Trinajstić information content (AvgIpc) is 2.85. The van der Waals surface area contributed by atoms with Gasteiger partial charge < -0.3 is 20.0 Å². The molecule has 6 heteroatoms. The first-order chi connectivity index (χ1) is 10.2. The van der Waals surface area contributed by atoms with Gasteiger partial charge in [0.15, 0.2) is 0 Å². The van der Waals surface area contributed by atoms with Gasteiger partial charge in [0.05, 0.1) is 18.1 Å². The van der Waals surface area contributed by atoms with Gasteiger partial charge in [-0.15, -0.1) is 0 Å². The molecular weight excluding hydrogens is 334 g/mol. The second kappa shape index (κ2) is 5.65. The van der Waals surface area contributed by atoms with Crippen LogP contribution in [0.2, 0.25) is 0 Å². The fourth-order valence-corrected chi connectivity index (χ4v) is 2.54. The van der Waals surface area contributed by atoms with Crippen molar-refractivity contribution in [1.29, 1.82) is 0 Å². The zero-order valence-electron chi connectivity index (χ0n) is 11.4. The van der Waals surface area contributed by atoms with Crippen LogP contribution >= 0.6 is 15.9 Å². The van der Waals surface area contributed by atoms with Gasteiger partial charge in [-0.2, -0.15) is 0 Å². The Bertz CT molecular complexity index is 838. The lowest BCUT2D eigenvalue weighted by molar-refractivity contribution is 0.414. The normalized spacial score (nSPS) is 10.8. The van der Waals surface area contributed by atoms with Crippen LogP contribution in [0.1, 0.15) is 5.56 Å². The molecule has 0 bridgehead atoms. The van der Waals surface area contributed by atoms with Crippen molar-refractivity contribution in [3.8, 4) is 5.75 Å². The van der Waals surface area contributed by atoms with Crippen molar-refractivity contribution < 1.29 is 4.74 Å². The third-order valence-corrected chi connectivity index (χ3v) is 4.03. The van der Waals surface area contributed by atoms with E-state index in [9.17, 15) is 4.79 Å². The fraction of sp³-hybridized carbons (Fsp3) is 0.133. The molecule has 3 aromatic rings. The second-order valence-electron chi connectivity index (χ2n) is 4.65. The monoisotopic (exact) mass is 347 g/mol. The second-order valence-corrected chi connectivity index (χ2v) is 5.50. The molecule has 108 valence electrons. The summed E-state index contributed by atoms with van der Waals surface area (Å²) in [7, 11) is 1.65. The standard InChI is InChI=1S/C15H14BrN3O2/c1-21-11-3-4-12(16)9(6-11)8-17-10-2-5-13-14(7-10)19-15(20)18-13/h2-7,17H,8H2,1H3,(H2,18,19,20). The molecule has 3 rings (SSSR count). The van der Waals surface area contributed by atoms with Crippen molar-refractivity contribution in [3.63, 3.8) is 0 Å². The molecule has 0 saturated carbocycles. The van der Waals surface area contributed by atoms with Crippen LogP contribution in [0.3, 0.4) is 0 Å². The van der Waals surface area contributed by atoms with Gasteiger partial charge in [-0.25, -0.2) is 4.79 Å². The molecule has 0 unspecified atom stereocenters. The summed E-state index contributed by atoms with van der Waals surface area (Å²) in [6, 6.07) is 11.6. The number of hydrogen-bond acceptors (Lipinski definition) is 3. The minimum Gasteiger partial charge on any atom is -0.497 e. The Morgan fingerprint density at radius 2 is 1.95 bits per heavy atom. The van der Waals surface area contributed by atoms with Crippen molar-refractivity contribution in [2.45, 2.75) is 6.54 Å². The number of imidazole rings is 1. The van der Waals surface area contributed by atoms with Crippen molar-refractivity contribution in [2.75, 3.05) is 12.4 Å². The molecule has 0 amide bonds. The third kappa shape index (κ3) is 2.95. The van der Waals surface area contributed by atoms with Crippen molar-refractivity contribution in [1.82, 2.24) is 9.97 Å². The topological polar surface area (TPSA) is 69.9 Å². The van der Waals surface area contributed by atoms with E-state index in [4.69, 9.17) is 4.74 Å². The van der Waals surface area contributed by atoms with E-state index >= 15 is 0 Å². The highest BCUT2D eigenvalue weighted by atomic mass is 79.9. The maximum absolute atomic E-state index is 11.2. The molecule has 1 aromatic heterocycles. The van der Waals surface area contributed by atoms with Crippen LogP contribution in [0.4, 0.5) is 5.69 Å². The molecule has 5 nitrogen and oxygen atoms in total. The largest absolute Gasteiger partial charge is 0.497 e. The van der Waals surface area contributed by atoms with Gasteiger partial charge in [-0.3, -0.25) is 0 Å². The number of fused-ring (bicyclic) bond motifs is 1. The van der Waals surface area contributed by atoms with Crippen LogP contribution in [0, 0.1) is 0 Å². The zero-order chi connectivity index (χ0) is 14.8. The number of aromatic amines is 2. The van der Waals surface area contributed by atoms with E-state index in [1.54, 1.807) is 7.11 Å². The molecule has 0 spiro atoms. The van der Waals surface area contributed by atoms with Crippen LogP contribution in [-0.2, 0) is 6.54 Å². The average molecular weight is 348 g/mol. The molecular formula is C15H14BrN3O2. The van der Waals surface area contributed by atoms with Crippen LogP contribution in [-0.4, -0.2) is 17.1 Å². The van der Waals surface area contributed by atoms with Crippen LogP contribution in [0.25, 0.3) is 11.0 Å². The molecule has 3 N–H and O–H groups in total. The number of rotatable bonds is 4. The third-order valence-electron chi connectivity index (χ3n) is 3.25. The molecule has 0 radical (unpaired) electrons. The number of benzene rings is 2. The van der Waals surface area contributed by atoms with Gasteiger partial charge in [-0.05, 0) is 42.0 Å². The summed E-state index contributed by atoms with van der Waals surface area (Å²) in [5.74, 6) is 0.820. The number of methoxy groups -OCH3 is 1. The Labute approximate surface area is 129 Å². The lowest BCUT2D eigenvalue weighted by Gasteiger charge is -2.10. The van der Waals surface area contributed by atoms with Crippen LogP contribution in [0.15, 0.2) is 45.7 Å². The first-order valence-electron chi connectivity index (χ1n) is 6.44. The van der Waals surface area contributed by atoms with Crippen molar-refractivity contribution in [3.05, 3.63) is 56.9 Å². The molecule has 0 aliphatic heterocycles. The Balaban J connectivity index is 1.81. The zero-order valence-corrected chi connectivity index (χ0v) is 13.0. The molecule has 1 heterocycles. The highest BCUT2D eigenvalue weighted by Crippen LogP contribution is 2.24. The van der Waals surface area contributed by atoms with Crippen LogP contribution < -0.4 is 15.7 Å². The number of halogens is 1. The lowest BCUT2D eigenvalue weighted by atomic mass is 10.2. The highest BCUT2D eigenvalue weighted by Gasteiger charge is 2.04. The van der Waals surface area contributed by atoms with E-state index in [0.717, 1.165) is 32.5 Å². The Kier molecular flexibility index (Phi) is 3.70. The number of anilines is 1. The van der Waals surface area contributed by atoms with E-state index in [1.807, 2.05) is 36.4 Å². The maximum atomic E-state index is 11.2. The van der Waals surface area contributed by atoms with Gasteiger partial charge >= 0.3 is 5.69 Å².